The third kappa shape index (κ3) is 4.30. The van der Waals surface area contributed by atoms with Crippen molar-refractivity contribution in [3.05, 3.63) is 66.2 Å². The Kier molecular flexibility index (Phi) is 5.83. The summed E-state index contributed by atoms with van der Waals surface area (Å²) in [6.45, 7) is 2.40. The standard InChI is InChI=1S/C22H26O5S/c1-16(15-28(23,24)18-10-6-3-7-11-18)19-12-13-20-21(26-19)14-25-22(27-20)17-8-4-2-5-9-17/h2-11,16,19-22H,12-15H2,1H3/t16-,19-,20+,21-,22-/m1/s1. The Hall–Kier alpha value is -1.73. The lowest BCUT2D eigenvalue weighted by molar-refractivity contribution is -0.290. The van der Waals surface area contributed by atoms with E-state index < -0.39 is 9.84 Å². The number of hydrogen-bond donors (Lipinski definition) is 0. The molecule has 0 spiro atoms. The Morgan fingerprint density at radius 3 is 2.32 bits per heavy atom. The molecule has 5 atom stereocenters. The summed E-state index contributed by atoms with van der Waals surface area (Å²) in [5, 5.41) is 0. The van der Waals surface area contributed by atoms with Gasteiger partial charge in [-0.1, -0.05) is 55.5 Å². The Balaban J connectivity index is 1.36. The zero-order valence-corrected chi connectivity index (χ0v) is 16.8. The van der Waals surface area contributed by atoms with Crippen LogP contribution in [0.25, 0.3) is 0 Å². The van der Waals surface area contributed by atoms with Gasteiger partial charge in [-0.05, 0) is 30.9 Å². The van der Waals surface area contributed by atoms with Crippen LogP contribution in [0.5, 0.6) is 0 Å². The van der Waals surface area contributed by atoms with Crippen LogP contribution in [0.2, 0.25) is 0 Å². The quantitative estimate of drug-likeness (QED) is 0.762. The predicted molar refractivity (Wildman–Crippen MR) is 106 cm³/mol. The molecule has 0 radical (unpaired) electrons. The number of fused-ring (bicyclic) bond motifs is 1. The van der Waals surface area contributed by atoms with Gasteiger partial charge in [-0.25, -0.2) is 8.42 Å². The summed E-state index contributed by atoms with van der Waals surface area (Å²) in [5.74, 6) is -0.0223. The molecule has 2 saturated heterocycles. The molecule has 5 nitrogen and oxygen atoms in total. The van der Waals surface area contributed by atoms with Gasteiger partial charge >= 0.3 is 0 Å². The highest BCUT2D eigenvalue weighted by Gasteiger charge is 2.40. The van der Waals surface area contributed by atoms with Gasteiger partial charge in [0, 0.05) is 5.56 Å². The van der Waals surface area contributed by atoms with Gasteiger partial charge in [0.05, 0.1) is 29.5 Å². The van der Waals surface area contributed by atoms with Crippen molar-refractivity contribution in [1.82, 2.24) is 0 Å². The van der Waals surface area contributed by atoms with E-state index in [1.165, 1.54) is 0 Å². The molecule has 0 amide bonds. The molecular weight excluding hydrogens is 376 g/mol. The van der Waals surface area contributed by atoms with E-state index in [2.05, 4.69) is 0 Å². The number of sulfone groups is 1. The zero-order chi connectivity index (χ0) is 19.6. The average Bonchev–Trinajstić information content (AvgIpc) is 2.74. The van der Waals surface area contributed by atoms with E-state index in [0.717, 1.165) is 18.4 Å². The minimum Gasteiger partial charge on any atom is -0.370 e. The predicted octanol–water partition coefficient (Wildman–Crippen LogP) is 3.76. The van der Waals surface area contributed by atoms with Gasteiger partial charge in [-0.15, -0.1) is 0 Å². The molecule has 2 aliphatic heterocycles. The van der Waals surface area contributed by atoms with Crippen LogP contribution in [0.15, 0.2) is 65.6 Å². The second-order valence-electron chi connectivity index (χ2n) is 7.61. The highest BCUT2D eigenvalue weighted by Crippen LogP contribution is 2.35. The molecule has 0 aliphatic carbocycles. The second-order valence-corrected chi connectivity index (χ2v) is 9.65. The van der Waals surface area contributed by atoms with Crippen molar-refractivity contribution in [2.75, 3.05) is 12.4 Å². The van der Waals surface area contributed by atoms with Crippen LogP contribution in [0, 0.1) is 5.92 Å². The molecular formula is C22H26O5S. The molecule has 2 aromatic carbocycles. The normalized spacial score (nSPS) is 29.0. The Labute approximate surface area is 166 Å². The topological polar surface area (TPSA) is 61.8 Å². The van der Waals surface area contributed by atoms with E-state index in [1.807, 2.05) is 43.3 Å². The van der Waals surface area contributed by atoms with Crippen LogP contribution in [-0.4, -0.2) is 39.1 Å². The number of hydrogen-bond acceptors (Lipinski definition) is 5. The summed E-state index contributed by atoms with van der Waals surface area (Å²) in [6.07, 6.45) is 0.985. The summed E-state index contributed by atoms with van der Waals surface area (Å²) < 4.78 is 43.5. The molecule has 0 bridgehead atoms. The maximum atomic E-state index is 12.7. The Morgan fingerprint density at radius 1 is 0.929 bits per heavy atom. The largest absolute Gasteiger partial charge is 0.370 e. The smallest absolute Gasteiger partial charge is 0.184 e. The van der Waals surface area contributed by atoms with Gasteiger partial charge in [0.1, 0.15) is 6.10 Å². The first-order valence-corrected chi connectivity index (χ1v) is 11.4. The molecule has 0 saturated carbocycles. The fourth-order valence-corrected chi connectivity index (χ4v) is 5.63. The van der Waals surface area contributed by atoms with E-state index >= 15 is 0 Å². The van der Waals surface area contributed by atoms with Crippen molar-refractivity contribution in [2.24, 2.45) is 5.92 Å². The fraction of sp³-hybridized carbons (Fsp3) is 0.455. The number of rotatable bonds is 5. The number of ether oxygens (including phenoxy) is 3. The monoisotopic (exact) mass is 402 g/mol. The fourth-order valence-electron chi connectivity index (χ4n) is 3.96. The van der Waals surface area contributed by atoms with Crippen molar-refractivity contribution in [3.8, 4) is 0 Å². The van der Waals surface area contributed by atoms with Crippen LogP contribution < -0.4 is 0 Å². The van der Waals surface area contributed by atoms with E-state index in [1.54, 1.807) is 24.3 Å². The molecule has 150 valence electrons. The summed E-state index contributed by atoms with van der Waals surface area (Å²) in [6, 6.07) is 18.5. The van der Waals surface area contributed by atoms with Crippen LogP contribution in [-0.2, 0) is 24.0 Å². The van der Waals surface area contributed by atoms with Crippen molar-refractivity contribution >= 4 is 9.84 Å². The molecule has 6 heteroatoms. The summed E-state index contributed by atoms with van der Waals surface area (Å²) in [4.78, 5) is 0.366. The van der Waals surface area contributed by atoms with Crippen LogP contribution in [0.3, 0.4) is 0 Å². The van der Waals surface area contributed by atoms with Crippen molar-refractivity contribution in [3.63, 3.8) is 0 Å². The van der Waals surface area contributed by atoms with E-state index in [4.69, 9.17) is 14.2 Å². The SMILES string of the molecule is C[C@H](CS(=O)(=O)c1ccccc1)[C@H]1CC[C@@H]2O[C@H](c3ccccc3)OC[C@H]2O1. The maximum absolute atomic E-state index is 12.7. The minimum atomic E-state index is -3.33. The summed E-state index contributed by atoms with van der Waals surface area (Å²) >= 11 is 0. The summed E-state index contributed by atoms with van der Waals surface area (Å²) in [7, 11) is -3.33. The van der Waals surface area contributed by atoms with Crippen LogP contribution in [0.4, 0.5) is 0 Å². The third-order valence-corrected chi connectivity index (χ3v) is 7.46. The van der Waals surface area contributed by atoms with Crippen LogP contribution >= 0.6 is 0 Å². The van der Waals surface area contributed by atoms with Gasteiger partial charge in [0.2, 0.25) is 0 Å². The first kappa shape index (κ1) is 19.6. The third-order valence-electron chi connectivity index (χ3n) is 5.50. The number of benzene rings is 2. The molecule has 0 unspecified atom stereocenters. The second kappa shape index (κ2) is 8.33. The minimum absolute atomic E-state index is 0.0202. The highest BCUT2D eigenvalue weighted by molar-refractivity contribution is 7.91. The highest BCUT2D eigenvalue weighted by atomic mass is 32.2. The van der Waals surface area contributed by atoms with E-state index in [9.17, 15) is 8.42 Å². The van der Waals surface area contributed by atoms with Gasteiger partial charge in [-0.3, -0.25) is 0 Å². The first-order valence-electron chi connectivity index (χ1n) is 9.78. The van der Waals surface area contributed by atoms with Gasteiger partial charge < -0.3 is 14.2 Å². The lowest BCUT2D eigenvalue weighted by Crippen LogP contribution is -2.49. The Bertz CT molecular complexity index is 868. The van der Waals surface area contributed by atoms with Crippen molar-refractivity contribution in [1.29, 1.82) is 0 Å². The molecule has 28 heavy (non-hydrogen) atoms. The maximum Gasteiger partial charge on any atom is 0.184 e. The molecule has 2 aliphatic rings. The van der Waals surface area contributed by atoms with E-state index in [0.29, 0.717) is 11.5 Å². The lowest BCUT2D eigenvalue weighted by atomic mass is 9.94. The van der Waals surface area contributed by atoms with Crippen molar-refractivity contribution < 1.29 is 22.6 Å². The Morgan fingerprint density at radius 2 is 1.61 bits per heavy atom. The van der Waals surface area contributed by atoms with Crippen molar-refractivity contribution in [2.45, 2.75) is 49.3 Å². The average molecular weight is 403 g/mol. The van der Waals surface area contributed by atoms with Crippen LogP contribution in [0.1, 0.15) is 31.6 Å². The first-order chi connectivity index (χ1) is 13.5. The van der Waals surface area contributed by atoms with Gasteiger partial charge in [-0.2, -0.15) is 0 Å². The lowest BCUT2D eigenvalue weighted by Gasteiger charge is -2.43. The molecule has 4 rings (SSSR count). The molecule has 2 fully saturated rings. The molecule has 0 aromatic heterocycles. The van der Waals surface area contributed by atoms with E-state index in [-0.39, 0.29) is 36.3 Å². The van der Waals surface area contributed by atoms with Gasteiger partial charge in [0.25, 0.3) is 0 Å². The molecule has 2 aromatic rings. The zero-order valence-electron chi connectivity index (χ0n) is 15.9. The molecule has 2 heterocycles. The van der Waals surface area contributed by atoms with Gasteiger partial charge in [0.15, 0.2) is 16.1 Å². The molecule has 0 N–H and O–H groups in total. The summed E-state index contributed by atoms with van der Waals surface area (Å²) in [5.41, 5.74) is 1.00.